The predicted molar refractivity (Wildman–Crippen MR) is 147 cm³/mol. The van der Waals surface area contributed by atoms with Crippen molar-refractivity contribution < 1.29 is 28.5 Å². The van der Waals surface area contributed by atoms with Crippen molar-refractivity contribution in [3.05, 3.63) is 23.8 Å². The fourth-order valence-corrected chi connectivity index (χ4v) is 5.05. The van der Waals surface area contributed by atoms with Gasteiger partial charge in [0.25, 0.3) is 0 Å². The Hall–Kier alpha value is -2.24. The van der Waals surface area contributed by atoms with Gasteiger partial charge >= 0.3 is 11.9 Å². The van der Waals surface area contributed by atoms with Gasteiger partial charge in [-0.15, -0.1) is 0 Å². The molecule has 210 valence electrons. The highest BCUT2D eigenvalue weighted by molar-refractivity contribution is 5.90. The van der Waals surface area contributed by atoms with Crippen molar-refractivity contribution in [3.8, 4) is 11.5 Å². The molecule has 1 aliphatic rings. The summed E-state index contributed by atoms with van der Waals surface area (Å²) in [6.07, 6.45) is 17.5. The lowest BCUT2D eigenvalue weighted by Gasteiger charge is -2.37. The SMILES string of the molecule is CCCCCCCCCCC[C@@H](C[C@@H]1OC(=O)[C@H]1CCCCCC)OC(=O)c1ccc(OC)c(OC)c1. The van der Waals surface area contributed by atoms with E-state index in [-0.39, 0.29) is 30.1 Å². The minimum atomic E-state index is -0.382. The first-order chi connectivity index (χ1) is 18.0. The van der Waals surface area contributed by atoms with Crippen molar-refractivity contribution >= 4 is 11.9 Å². The van der Waals surface area contributed by atoms with Crippen molar-refractivity contribution in [2.75, 3.05) is 14.2 Å². The van der Waals surface area contributed by atoms with Gasteiger partial charge in [-0.2, -0.15) is 0 Å². The number of methoxy groups -OCH3 is 2. The Balaban J connectivity index is 1.91. The summed E-state index contributed by atoms with van der Waals surface area (Å²) in [7, 11) is 3.11. The third kappa shape index (κ3) is 11.0. The number of ether oxygens (including phenoxy) is 4. The molecule has 1 aromatic rings. The van der Waals surface area contributed by atoms with E-state index in [0.29, 0.717) is 23.5 Å². The molecular formula is C31H50O6. The Morgan fingerprint density at radius 2 is 1.43 bits per heavy atom. The number of carbonyl (C=O) groups is 2. The van der Waals surface area contributed by atoms with Crippen LogP contribution in [0.5, 0.6) is 11.5 Å². The largest absolute Gasteiger partial charge is 0.493 e. The van der Waals surface area contributed by atoms with E-state index in [4.69, 9.17) is 18.9 Å². The highest BCUT2D eigenvalue weighted by atomic mass is 16.6. The topological polar surface area (TPSA) is 71.1 Å². The minimum Gasteiger partial charge on any atom is -0.493 e. The van der Waals surface area contributed by atoms with Crippen LogP contribution in [0.25, 0.3) is 0 Å². The van der Waals surface area contributed by atoms with Crippen LogP contribution in [0.4, 0.5) is 0 Å². The first-order valence-corrected chi connectivity index (χ1v) is 14.7. The molecule has 1 fully saturated rings. The van der Waals surface area contributed by atoms with Gasteiger partial charge in [0.1, 0.15) is 12.2 Å². The second kappa shape index (κ2) is 18.1. The Morgan fingerprint density at radius 3 is 2.03 bits per heavy atom. The molecule has 0 radical (unpaired) electrons. The lowest BCUT2D eigenvalue weighted by Crippen LogP contribution is -2.47. The molecule has 37 heavy (non-hydrogen) atoms. The molecule has 1 saturated heterocycles. The third-order valence-corrected chi connectivity index (χ3v) is 7.41. The lowest BCUT2D eigenvalue weighted by molar-refractivity contribution is -0.188. The second-order valence-electron chi connectivity index (χ2n) is 10.4. The van der Waals surface area contributed by atoms with Gasteiger partial charge in [-0.25, -0.2) is 4.79 Å². The second-order valence-corrected chi connectivity index (χ2v) is 10.4. The maximum absolute atomic E-state index is 13.0. The van der Waals surface area contributed by atoms with E-state index < -0.39 is 0 Å². The van der Waals surface area contributed by atoms with Crippen molar-refractivity contribution in [1.29, 1.82) is 0 Å². The van der Waals surface area contributed by atoms with Gasteiger partial charge in [-0.1, -0.05) is 90.9 Å². The van der Waals surface area contributed by atoms with Crippen LogP contribution < -0.4 is 9.47 Å². The van der Waals surface area contributed by atoms with Crippen LogP contribution in [0.15, 0.2) is 18.2 Å². The van der Waals surface area contributed by atoms with E-state index in [0.717, 1.165) is 38.5 Å². The van der Waals surface area contributed by atoms with Gasteiger partial charge in [0.2, 0.25) is 0 Å². The molecular weight excluding hydrogens is 468 g/mol. The highest BCUT2D eigenvalue weighted by Crippen LogP contribution is 2.33. The number of hydrogen-bond acceptors (Lipinski definition) is 6. The smallest absolute Gasteiger partial charge is 0.338 e. The summed E-state index contributed by atoms with van der Waals surface area (Å²) in [6.45, 7) is 4.43. The van der Waals surface area contributed by atoms with Gasteiger partial charge in [0.15, 0.2) is 11.5 Å². The molecule has 6 nitrogen and oxygen atoms in total. The van der Waals surface area contributed by atoms with Gasteiger partial charge < -0.3 is 18.9 Å². The number of rotatable bonds is 21. The van der Waals surface area contributed by atoms with Crippen LogP contribution in [-0.2, 0) is 14.3 Å². The Morgan fingerprint density at radius 1 is 0.838 bits per heavy atom. The average Bonchev–Trinajstić information content (AvgIpc) is 2.91. The zero-order valence-electron chi connectivity index (χ0n) is 23.7. The maximum Gasteiger partial charge on any atom is 0.338 e. The monoisotopic (exact) mass is 518 g/mol. The van der Waals surface area contributed by atoms with E-state index in [2.05, 4.69) is 13.8 Å². The Bertz CT molecular complexity index is 792. The summed E-state index contributed by atoms with van der Waals surface area (Å²) >= 11 is 0. The molecule has 2 rings (SSSR count). The molecule has 0 aromatic heterocycles. The van der Waals surface area contributed by atoms with E-state index in [1.807, 2.05) is 0 Å². The molecule has 0 bridgehead atoms. The predicted octanol–water partition coefficient (Wildman–Crippen LogP) is 8.05. The zero-order chi connectivity index (χ0) is 26.9. The maximum atomic E-state index is 13.0. The highest BCUT2D eigenvalue weighted by Gasteiger charge is 2.43. The van der Waals surface area contributed by atoms with Gasteiger partial charge in [-0.3, -0.25) is 4.79 Å². The van der Waals surface area contributed by atoms with Crippen LogP contribution >= 0.6 is 0 Å². The molecule has 1 aromatic carbocycles. The summed E-state index contributed by atoms with van der Waals surface area (Å²) in [5.74, 6) is 0.508. The molecule has 3 atom stereocenters. The Kier molecular flexibility index (Phi) is 15.1. The first kappa shape index (κ1) is 31.0. The quantitative estimate of drug-likeness (QED) is 0.121. The average molecular weight is 519 g/mol. The lowest BCUT2D eigenvalue weighted by atomic mass is 9.86. The molecule has 0 amide bonds. The van der Waals surface area contributed by atoms with Gasteiger partial charge in [0, 0.05) is 6.42 Å². The molecule has 0 unspecified atom stereocenters. The third-order valence-electron chi connectivity index (χ3n) is 7.41. The number of unbranched alkanes of at least 4 members (excludes halogenated alkanes) is 11. The first-order valence-electron chi connectivity index (χ1n) is 14.7. The summed E-state index contributed by atoms with van der Waals surface area (Å²) in [6, 6.07) is 5.06. The van der Waals surface area contributed by atoms with Gasteiger partial charge in [-0.05, 0) is 37.5 Å². The Labute approximate surface area is 224 Å². The molecule has 0 spiro atoms. The number of hydrogen-bond donors (Lipinski definition) is 0. The molecule has 1 aliphatic heterocycles. The fraction of sp³-hybridized carbons (Fsp3) is 0.742. The fourth-order valence-electron chi connectivity index (χ4n) is 5.05. The van der Waals surface area contributed by atoms with E-state index in [9.17, 15) is 9.59 Å². The zero-order valence-corrected chi connectivity index (χ0v) is 23.7. The number of esters is 2. The normalized spacial score (nSPS) is 17.6. The molecule has 0 aliphatic carbocycles. The molecule has 0 N–H and O–H groups in total. The van der Waals surface area contributed by atoms with Crippen LogP contribution in [0, 0.1) is 5.92 Å². The summed E-state index contributed by atoms with van der Waals surface area (Å²) in [5.41, 5.74) is 0.427. The van der Waals surface area contributed by atoms with Crippen molar-refractivity contribution in [2.45, 2.75) is 129 Å². The van der Waals surface area contributed by atoms with Crippen LogP contribution in [0.2, 0.25) is 0 Å². The number of carbonyl (C=O) groups excluding carboxylic acids is 2. The summed E-state index contributed by atoms with van der Waals surface area (Å²) in [4.78, 5) is 25.2. The van der Waals surface area contributed by atoms with Gasteiger partial charge in [0.05, 0.1) is 25.7 Å². The van der Waals surface area contributed by atoms with E-state index in [1.54, 1.807) is 32.4 Å². The number of cyclic esters (lactones) is 1. The molecule has 1 heterocycles. The van der Waals surface area contributed by atoms with Crippen LogP contribution in [0.3, 0.4) is 0 Å². The number of benzene rings is 1. The van der Waals surface area contributed by atoms with E-state index in [1.165, 1.54) is 57.8 Å². The summed E-state index contributed by atoms with van der Waals surface area (Å²) < 4.78 is 22.1. The molecule has 6 heteroatoms. The van der Waals surface area contributed by atoms with Crippen molar-refractivity contribution in [3.63, 3.8) is 0 Å². The summed E-state index contributed by atoms with van der Waals surface area (Å²) in [5, 5.41) is 0. The molecule has 0 saturated carbocycles. The van der Waals surface area contributed by atoms with Crippen molar-refractivity contribution in [1.82, 2.24) is 0 Å². The van der Waals surface area contributed by atoms with Crippen molar-refractivity contribution in [2.24, 2.45) is 5.92 Å². The van der Waals surface area contributed by atoms with E-state index >= 15 is 0 Å². The van der Waals surface area contributed by atoms with Crippen LogP contribution in [0.1, 0.15) is 127 Å². The van der Waals surface area contributed by atoms with Crippen LogP contribution in [-0.4, -0.2) is 38.4 Å². The standard InChI is InChI=1S/C31H50O6/c1-5-7-9-11-12-13-14-15-16-18-25(23-28-26(31(33)37-28)19-17-10-8-6-2)36-30(32)24-20-21-27(34-3)29(22-24)35-4/h20-22,25-26,28H,5-19,23H2,1-4H3/t25-,26-,28-/m0/s1. The minimum absolute atomic E-state index is 0.0674.